The first kappa shape index (κ1) is 26.7. The molecule has 12 heteroatoms. The smallest absolute Gasteiger partial charge is 0.326 e. The Morgan fingerprint density at radius 2 is 1.48 bits per heavy atom. The van der Waals surface area contributed by atoms with Gasteiger partial charge in [0.25, 0.3) is 0 Å². The topological polar surface area (TPSA) is 188 Å². The number of amides is 3. The standard InChI is InChI=1S/C17H30N4O7S/c1-9(2)6-11(19-13(22)8-18)15(25)21-12(7-14(23)24)16(26)20-10(17(27)28)4-5-29-3/h9-12H,4-8,18H2,1-3H3,(H,19,22)(H,20,26)(H,21,25)(H,23,24)(H,27,28). The quantitative estimate of drug-likeness (QED) is 0.194. The second-order valence-corrected chi connectivity index (χ2v) is 7.78. The first-order valence-electron chi connectivity index (χ1n) is 9.05. The van der Waals surface area contributed by atoms with Crippen molar-refractivity contribution in [2.45, 2.75) is 51.2 Å². The van der Waals surface area contributed by atoms with Gasteiger partial charge in [0.05, 0.1) is 13.0 Å². The summed E-state index contributed by atoms with van der Waals surface area (Å²) in [6.45, 7) is 3.30. The van der Waals surface area contributed by atoms with Crippen molar-refractivity contribution in [2.24, 2.45) is 11.7 Å². The molecule has 11 nitrogen and oxygen atoms in total. The number of rotatable bonds is 14. The van der Waals surface area contributed by atoms with Crippen LogP contribution in [-0.2, 0) is 24.0 Å². The van der Waals surface area contributed by atoms with Gasteiger partial charge in [-0.25, -0.2) is 4.79 Å². The number of thioether (sulfide) groups is 1. The van der Waals surface area contributed by atoms with Gasteiger partial charge in [-0.15, -0.1) is 0 Å². The van der Waals surface area contributed by atoms with Gasteiger partial charge in [-0.1, -0.05) is 13.8 Å². The van der Waals surface area contributed by atoms with Gasteiger partial charge < -0.3 is 31.9 Å². The second-order valence-electron chi connectivity index (χ2n) is 6.79. The highest BCUT2D eigenvalue weighted by atomic mass is 32.2. The summed E-state index contributed by atoms with van der Waals surface area (Å²) in [5.41, 5.74) is 5.25. The number of carboxylic acids is 2. The van der Waals surface area contributed by atoms with Gasteiger partial charge in [0.15, 0.2) is 0 Å². The summed E-state index contributed by atoms with van der Waals surface area (Å²) in [5.74, 6) is -4.39. The molecule has 3 unspecified atom stereocenters. The van der Waals surface area contributed by atoms with Crippen LogP contribution >= 0.6 is 11.8 Å². The van der Waals surface area contributed by atoms with Gasteiger partial charge in [0.2, 0.25) is 17.7 Å². The number of carbonyl (C=O) groups excluding carboxylic acids is 3. The molecule has 29 heavy (non-hydrogen) atoms. The number of nitrogens with one attached hydrogen (secondary N) is 3. The van der Waals surface area contributed by atoms with E-state index in [1.807, 2.05) is 13.8 Å². The van der Waals surface area contributed by atoms with Crippen LogP contribution < -0.4 is 21.7 Å². The fourth-order valence-corrected chi connectivity index (χ4v) is 2.85. The average molecular weight is 435 g/mol. The minimum Gasteiger partial charge on any atom is -0.481 e. The van der Waals surface area contributed by atoms with Gasteiger partial charge in [0.1, 0.15) is 18.1 Å². The maximum Gasteiger partial charge on any atom is 0.326 e. The van der Waals surface area contributed by atoms with E-state index in [1.54, 1.807) is 6.26 Å². The summed E-state index contributed by atoms with van der Waals surface area (Å²) in [6, 6.07) is -3.73. The highest BCUT2D eigenvalue weighted by Gasteiger charge is 2.31. The van der Waals surface area contributed by atoms with Crippen LogP contribution in [0.25, 0.3) is 0 Å². The molecule has 0 aromatic carbocycles. The molecule has 0 radical (unpaired) electrons. The fraction of sp³-hybridized carbons (Fsp3) is 0.706. The van der Waals surface area contributed by atoms with Crippen molar-refractivity contribution in [1.82, 2.24) is 16.0 Å². The van der Waals surface area contributed by atoms with Crippen molar-refractivity contribution in [3.63, 3.8) is 0 Å². The van der Waals surface area contributed by atoms with Crippen molar-refractivity contribution in [2.75, 3.05) is 18.6 Å². The maximum absolute atomic E-state index is 12.6. The predicted molar refractivity (Wildman–Crippen MR) is 107 cm³/mol. The van der Waals surface area contributed by atoms with Crippen LogP contribution in [-0.4, -0.2) is 76.6 Å². The Kier molecular flexibility index (Phi) is 12.7. The first-order valence-corrected chi connectivity index (χ1v) is 10.4. The molecule has 0 rings (SSSR count). The lowest BCUT2D eigenvalue weighted by atomic mass is 10.0. The highest BCUT2D eigenvalue weighted by molar-refractivity contribution is 7.98. The monoisotopic (exact) mass is 434 g/mol. The molecule has 0 fully saturated rings. The van der Waals surface area contributed by atoms with Crippen molar-refractivity contribution in [3.05, 3.63) is 0 Å². The number of nitrogens with two attached hydrogens (primary N) is 1. The molecule has 3 atom stereocenters. The Labute approximate surface area is 173 Å². The molecule has 0 aromatic rings. The molecule has 0 heterocycles. The number of hydrogen-bond acceptors (Lipinski definition) is 7. The maximum atomic E-state index is 12.6. The molecule has 0 saturated carbocycles. The van der Waals surface area contributed by atoms with Crippen LogP contribution in [0.4, 0.5) is 0 Å². The molecule has 3 amide bonds. The summed E-state index contributed by atoms with van der Waals surface area (Å²) in [4.78, 5) is 59.0. The van der Waals surface area contributed by atoms with Gasteiger partial charge >= 0.3 is 11.9 Å². The van der Waals surface area contributed by atoms with Crippen LogP contribution in [0, 0.1) is 5.92 Å². The zero-order chi connectivity index (χ0) is 22.6. The van der Waals surface area contributed by atoms with Crippen LogP contribution in [0.1, 0.15) is 33.1 Å². The minimum atomic E-state index is -1.50. The third-order valence-corrected chi connectivity index (χ3v) is 4.43. The summed E-state index contributed by atoms with van der Waals surface area (Å²) in [6.07, 6.45) is 1.41. The van der Waals surface area contributed by atoms with E-state index in [0.717, 1.165) is 0 Å². The third kappa shape index (κ3) is 11.3. The number of aliphatic carboxylic acids is 2. The number of carbonyl (C=O) groups is 5. The minimum absolute atomic E-state index is 0.0125. The third-order valence-electron chi connectivity index (χ3n) is 3.78. The van der Waals surface area contributed by atoms with Crippen LogP contribution in [0.2, 0.25) is 0 Å². The summed E-state index contributed by atoms with van der Waals surface area (Å²) in [7, 11) is 0. The zero-order valence-corrected chi connectivity index (χ0v) is 17.6. The summed E-state index contributed by atoms with van der Waals surface area (Å²) in [5, 5.41) is 25.3. The van der Waals surface area contributed by atoms with E-state index in [1.165, 1.54) is 11.8 Å². The van der Waals surface area contributed by atoms with Gasteiger partial charge in [-0.3, -0.25) is 19.2 Å². The highest BCUT2D eigenvalue weighted by Crippen LogP contribution is 2.07. The number of hydrogen-bond donors (Lipinski definition) is 6. The van der Waals surface area contributed by atoms with E-state index < -0.39 is 54.2 Å². The SMILES string of the molecule is CSCCC(NC(=O)C(CC(=O)O)NC(=O)C(CC(C)C)NC(=O)CN)C(=O)O. The molecular weight excluding hydrogens is 404 g/mol. The molecular formula is C17H30N4O7S. The van der Waals surface area contributed by atoms with Gasteiger partial charge in [-0.05, 0) is 30.8 Å². The average Bonchev–Trinajstić information content (AvgIpc) is 2.62. The first-order chi connectivity index (χ1) is 13.5. The molecule has 0 aliphatic heterocycles. The van der Waals surface area contributed by atoms with E-state index in [9.17, 15) is 29.1 Å². The van der Waals surface area contributed by atoms with Crippen molar-refractivity contribution < 1.29 is 34.2 Å². The predicted octanol–water partition coefficient (Wildman–Crippen LogP) is -1.24. The molecule has 0 saturated heterocycles. The van der Waals surface area contributed by atoms with E-state index >= 15 is 0 Å². The normalized spacial score (nSPS) is 13.8. The summed E-state index contributed by atoms with van der Waals surface area (Å²) < 4.78 is 0. The lowest BCUT2D eigenvalue weighted by Gasteiger charge is -2.24. The Balaban J connectivity index is 5.33. The van der Waals surface area contributed by atoms with Crippen molar-refractivity contribution in [3.8, 4) is 0 Å². The second kappa shape index (κ2) is 13.8. The van der Waals surface area contributed by atoms with E-state index in [2.05, 4.69) is 16.0 Å². The Morgan fingerprint density at radius 3 is 1.93 bits per heavy atom. The lowest BCUT2D eigenvalue weighted by molar-refractivity contribution is -0.143. The van der Waals surface area contributed by atoms with Gasteiger partial charge in [0, 0.05) is 0 Å². The molecule has 166 valence electrons. The van der Waals surface area contributed by atoms with E-state index in [4.69, 9.17) is 10.8 Å². The molecule has 0 aliphatic carbocycles. The fourth-order valence-electron chi connectivity index (χ4n) is 2.38. The Morgan fingerprint density at radius 1 is 0.931 bits per heavy atom. The molecule has 0 aromatic heterocycles. The molecule has 7 N–H and O–H groups in total. The summed E-state index contributed by atoms with van der Waals surface area (Å²) >= 11 is 1.39. The Hall–Kier alpha value is -2.34. The van der Waals surface area contributed by atoms with Crippen molar-refractivity contribution in [1.29, 1.82) is 0 Å². The van der Waals surface area contributed by atoms with Crippen LogP contribution in [0.3, 0.4) is 0 Å². The van der Waals surface area contributed by atoms with Crippen LogP contribution in [0.5, 0.6) is 0 Å². The van der Waals surface area contributed by atoms with Crippen LogP contribution in [0.15, 0.2) is 0 Å². The number of carboxylic acid groups (broad SMARTS) is 2. The molecule has 0 bridgehead atoms. The molecule has 0 aliphatic rings. The van der Waals surface area contributed by atoms with E-state index in [0.29, 0.717) is 5.75 Å². The van der Waals surface area contributed by atoms with Crippen molar-refractivity contribution >= 4 is 41.4 Å². The molecule has 0 spiro atoms. The lowest BCUT2D eigenvalue weighted by Crippen LogP contribution is -2.57. The Bertz CT molecular complexity index is 600. The largest absolute Gasteiger partial charge is 0.481 e. The zero-order valence-electron chi connectivity index (χ0n) is 16.8. The van der Waals surface area contributed by atoms with Gasteiger partial charge in [-0.2, -0.15) is 11.8 Å². The van der Waals surface area contributed by atoms with E-state index in [-0.39, 0.29) is 25.3 Å².